The van der Waals surface area contributed by atoms with Crippen LogP contribution >= 0.6 is 0 Å². The molecule has 6 heteroatoms. The summed E-state index contributed by atoms with van der Waals surface area (Å²) in [5.41, 5.74) is 5.95. The predicted octanol–water partition coefficient (Wildman–Crippen LogP) is 2.83. The van der Waals surface area contributed by atoms with E-state index in [2.05, 4.69) is 24.3 Å². The van der Waals surface area contributed by atoms with E-state index in [0.29, 0.717) is 29.6 Å². The third kappa shape index (κ3) is 4.91. The van der Waals surface area contributed by atoms with Gasteiger partial charge in [0.1, 0.15) is 0 Å². The highest BCUT2D eigenvalue weighted by molar-refractivity contribution is 6.04. The molecule has 0 fully saturated rings. The van der Waals surface area contributed by atoms with E-state index in [1.54, 1.807) is 12.1 Å². The first kappa shape index (κ1) is 20.1. The molecule has 1 aromatic carbocycles. The second-order valence-electron chi connectivity index (χ2n) is 6.68. The minimum Gasteiger partial charge on any atom is -0.347 e. The van der Waals surface area contributed by atoms with Gasteiger partial charge in [0.05, 0.1) is 5.39 Å². The first-order chi connectivity index (χ1) is 12.6. The van der Waals surface area contributed by atoms with Crippen LogP contribution in [0.25, 0.3) is 10.8 Å². The number of nitrogens with one attached hydrogen (secondary N) is 1. The quantitative estimate of drug-likeness (QED) is 0.639. The maximum absolute atomic E-state index is 12.8. The molecule has 0 aliphatic heterocycles. The summed E-state index contributed by atoms with van der Waals surface area (Å²) in [6.45, 7) is 5.13. The average molecular weight is 358 g/mol. The fraction of sp³-hybridized carbons (Fsp3) is 0.550. The second-order valence-corrected chi connectivity index (χ2v) is 6.68. The van der Waals surface area contributed by atoms with Crippen LogP contribution < -0.4 is 16.6 Å². The summed E-state index contributed by atoms with van der Waals surface area (Å²) in [6, 6.07) is 7.08. The van der Waals surface area contributed by atoms with Gasteiger partial charge in [0.25, 0.3) is 11.5 Å². The molecule has 26 heavy (non-hydrogen) atoms. The highest BCUT2D eigenvalue weighted by atomic mass is 16.2. The maximum Gasteiger partial charge on any atom is 0.274 e. The standard InChI is InChI=1S/C20H30N4O2/c1-3-5-9-13-24-20(26)17-12-8-7-11-16(17)18(23-24)19(25)22-15(14-21)10-6-4-2/h7-8,11-12,15H,3-6,9-10,13-14,21H2,1-2H3,(H,22,25). The van der Waals surface area contributed by atoms with Gasteiger partial charge in [-0.05, 0) is 18.9 Å². The molecular weight excluding hydrogens is 328 g/mol. The fourth-order valence-electron chi connectivity index (χ4n) is 3.02. The van der Waals surface area contributed by atoms with Gasteiger partial charge in [-0.3, -0.25) is 9.59 Å². The molecular formula is C20H30N4O2. The van der Waals surface area contributed by atoms with E-state index in [1.165, 1.54) is 4.68 Å². The van der Waals surface area contributed by atoms with Gasteiger partial charge in [-0.2, -0.15) is 5.10 Å². The van der Waals surface area contributed by atoms with Gasteiger partial charge in [-0.1, -0.05) is 57.7 Å². The van der Waals surface area contributed by atoms with Crippen LogP contribution in [0.3, 0.4) is 0 Å². The number of fused-ring (bicyclic) bond motifs is 1. The highest BCUT2D eigenvalue weighted by Gasteiger charge is 2.19. The molecule has 0 saturated carbocycles. The molecule has 0 bridgehead atoms. The van der Waals surface area contributed by atoms with Crippen LogP contribution in [0.2, 0.25) is 0 Å². The van der Waals surface area contributed by atoms with Crippen molar-refractivity contribution in [2.45, 2.75) is 65.0 Å². The predicted molar refractivity (Wildman–Crippen MR) is 105 cm³/mol. The van der Waals surface area contributed by atoms with E-state index < -0.39 is 0 Å². The number of nitrogens with zero attached hydrogens (tertiary/aromatic N) is 2. The molecule has 0 radical (unpaired) electrons. The average Bonchev–Trinajstić information content (AvgIpc) is 2.67. The monoisotopic (exact) mass is 358 g/mol. The first-order valence-corrected chi connectivity index (χ1v) is 9.63. The van der Waals surface area contributed by atoms with Crippen molar-refractivity contribution in [3.8, 4) is 0 Å². The van der Waals surface area contributed by atoms with Gasteiger partial charge in [0, 0.05) is 24.5 Å². The number of carbonyl (C=O) groups excluding carboxylic acids is 1. The highest BCUT2D eigenvalue weighted by Crippen LogP contribution is 2.14. The largest absolute Gasteiger partial charge is 0.347 e. The third-order valence-corrected chi connectivity index (χ3v) is 4.58. The molecule has 142 valence electrons. The number of amides is 1. The van der Waals surface area contributed by atoms with Crippen molar-refractivity contribution >= 4 is 16.7 Å². The summed E-state index contributed by atoms with van der Waals surface area (Å²) in [5.74, 6) is -0.267. The smallest absolute Gasteiger partial charge is 0.274 e. The van der Waals surface area contributed by atoms with Crippen LogP contribution in [0.1, 0.15) is 62.9 Å². The van der Waals surface area contributed by atoms with Gasteiger partial charge < -0.3 is 11.1 Å². The maximum atomic E-state index is 12.8. The number of nitrogens with two attached hydrogens (primary N) is 1. The minimum atomic E-state index is -0.267. The van der Waals surface area contributed by atoms with Crippen LogP contribution in [0.5, 0.6) is 0 Å². The topological polar surface area (TPSA) is 90.0 Å². The summed E-state index contributed by atoms with van der Waals surface area (Å²) in [7, 11) is 0. The molecule has 0 aliphatic carbocycles. The Morgan fingerprint density at radius 2 is 1.85 bits per heavy atom. The van der Waals surface area contributed by atoms with Gasteiger partial charge in [0.15, 0.2) is 5.69 Å². The van der Waals surface area contributed by atoms with Crippen molar-refractivity contribution in [1.82, 2.24) is 15.1 Å². The Morgan fingerprint density at radius 3 is 2.50 bits per heavy atom. The zero-order valence-electron chi connectivity index (χ0n) is 15.8. The zero-order chi connectivity index (χ0) is 18.9. The van der Waals surface area contributed by atoms with Gasteiger partial charge in [-0.15, -0.1) is 0 Å². The lowest BCUT2D eigenvalue weighted by molar-refractivity contribution is 0.0930. The van der Waals surface area contributed by atoms with E-state index in [0.717, 1.165) is 38.5 Å². The van der Waals surface area contributed by atoms with E-state index in [1.807, 2.05) is 12.1 Å². The normalized spacial score (nSPS) is 12.3. The zero-order valence-corrected chi connectivity index (χ0v) is 15.8. The number of unbranched alkanes of at least 4 members (excludes halogenated alkanes) is 3. The Morgan fingerprint density at radius 1 is 1.15 bits per heavy atom. The Balaban J connectivity index is 2.36. The van der Waals surface area contributed by atoms with E-state index >= 15 is 0 Å². The molecule has 3 N–H and O–H groups in total. The van der Waals surface area contributed by atoms with Crippen LogP contribution in [0.15, 0.2) is 29.1 Å². The Hall–Kier alpha value is -2.21. The number of benzene rings is 1. The second kappa shape index (κ2) is 10.1. The molecule has 1 heterocycles. The van der Waals surface area contributed by atoms with E-state index in [4.69, 9.17) is 5.73 Å². The lowest BCUT2D eigenvalue weighted by Gasteiger charge is -2.17. The van der Waals surface area contributed by atoms with Gasteiger partial charge in [-0.25, -0.2) is 4.68 Å². The Labute approximate surface area is 154 Å². The molecule has 6 nitrogen and oxygen atoms in total. The van der Waals surface area contributed by atoms with Crippen molar-refractivity contribution in [2.24, 2.45) is 5.73 Å². The summed E-state index contributed by atoms with van der Waals surface area (Å²) in [4.78, 5) is 25.5. The van der Waals surface area contributed by atoms with Crippen LogP contribution in [0.4, 0.5) is 0 Å². The van der Waals surface area contributed by atoms with Crippen LogP contribution in [-0.4, -0.2) is 28.3 Å². The van der Waals surface area contributed by atoms with E-state index in [-0.39, 0.29) is 17.5 Å². The molecule has 2 aromatic rings. The van der Waals surface area contributed by atoms with Crippen molar-refractivity contribution < 1.29 is 4.79 Å². The number of aryl methyl sites for hydroxylation is 1. The molecule has 1 amide bonds. The lowest BCUT2D eigenvalue weighted by atomic mass is 10.1. The minimum absolute atomic E-state index is 0.0801. The number of carbonyl (C=O) groups is 1. The summed E-state index contributed by atoms with van der Waals surface area (Å²) in [5, 5.41) is 8.49. The number of aromatic nitrogens is 2. The van der Waals surface area contributed by atoms with Crippen molar-refractivity contribution in [1.29, 1.82) is 0 Å². The summed E-state index contributed by atoms with van der Waals surface area (Å²) < 4.78 is 1.43. The van der Waals surface area contributed by atoms with Crippen LogP contribution in [-0.2, 0) is 6.54 Å². The van der Waals surface area contributed by atoms with Gasteiger partial charge >= 0.3 is 0 Å². The summed E-state index contributed by atoms with van der Waals surface area (Å²) >= 11 is 0. The SMILES string of the molecule is CCCCCn1nc(C(=O)NC(CN)CCCC)c2ccccc2c1=O. The molecule has 1 unspecified atom stereocenters. The molecule has 2 rings (SSSR count). The van der Waals surface area contributed by atoms with Crippen molar-refractivity contribution in [2.75, 3.05) is 6.54 Å². The van der Waals surface area contributed by atoms with Gasteiger partial charge in [0.2, 0.25) is 0 Å². The van der Waals surface area contributed by atoms with Crippen molar-refractivity contribution in [3.63, 3.8) is 0 Å². The molecule has 0 aliphatic rings. The number of hydrogen-bond acceptors (Lipinski definition) is 4. The first-order valence-electron chi connectivity index (χ1n) is 9.63. The molecule has 1 atom stereocenters. The third-order valence-electron chi connectivity index (χ3n) is 4.58. The molecule has 1 aromatic heterocycles. The fourth-order valence-corrected chi connectivity index (χ4v) is 3.02. The van der Waals surface area contributed by atoms with E-state index in [9.17, 15) is 9.59 Å². The van der Waals surface area contributed by atoms with Crippen molar-refractivity contribution in [3.05, 3.63) is 40.3 Å². The lowest BCUT2D eigenvalue weighted by Crippen LogP contribution is -2.41. The van der Waals surface area contributed by atoms with Crippen LogP contribution in [0, 0.1) is 0 Å². The Kier molecular flexibility index (Phi) is 7.78. The summed E-state index contributed by atoms with van der Waals surface area (Å²) in [6.07, 6.45) is 5.85. The number of rotatable bonds is 10. The molecule has 0 spiro atoms. The Bertz CT molecular complexity index is 785. The number of hydrogen-bond donors (Lipinski definition) is 2. The molecule has 0 saturated heterocycles.